The summed E-state index contributed by atoms with van der Waals surface area (Å²) in [7, 11) is -0.796. The summed E-state index contributed by atoms with van der Waals surface area (Å²) in [6.45, 7) is 0.771. The molecule has 1 amide bonds. The van der Waals surface area contributed by atoms with Gasteiger partial charge in [0, 0.05) is 37.5 Å². The molecule has 1 aromatic heterocycles. The molecule has 0 aliphatic heterocycles. The maximum atomic E-state index is 13.4. The van der Waals surface area contributed by atoms with Gasteiger partial charge in [0.15, 0.2) is 5.03 Å². The van der Waals surface area contributed by atoms with E-state index in [9.17, 15) is 13.2 Å². The number of carbonyl (C=O) groups is 1. The number of methoxy groups -OCH3 is 1. The van der Waals surface area contributed by atoms with Crippen molar-refractivity contribution in [3.8, 4) is 0 Å². The van der Waals surface area contributed by atoms with E-state index in [0.717, 1.165) is 5.56 Å². The smallest absolute Gasteiger partial charge is 0.283 e. The largest absolute Gasteiger partial charge is 0.383 e. The quantitative estimate of drug-likeness (QED) is 0.493. The predicted octanol–water partition coefficient (Wildman–Crippen LogP) is 2.85. The summed E-state index contributed by atoms with van der Waals surface area (Å²) in [5, 5.41) is 7.27. The van der Waals surface area contributed by atoms with Gasteiger partial charge in [0.05, 0.1) is 18.8 Å². The molecule has 0 spiro atoms. The molecule has 164 valence electrons. The summed E-state index contributed by atoms with van der Waals surface area (Å²) in [6.07, 6.45) is 1.56. The number of nitrogens with one attached hydrogen (secondary N) is 1. The van der Waals surface area contributed by atoms with Crippen molar-refractivity contribution in [2.75, 3.05) is 24.6 Å². The molecule has 0 aliphatic carbocycles. The van der Waals surface area contributed by atoms with Crippen LogP contribution >= 0.6 is 11.6 Å². The number of ether oxygens (including phenoxy) is 1. The third-order valence-corrected chi connectivity index (χ3v) is 6.39. The van der Waals surface area contributed by atoms with Gasteiger partial charge in [-0.15, -0.1) is 0 Å². The second-order valence-corrected chi connectivity index (χ2v) is 9.01. The molecule has 1 heterocycles. The molecule has 10 heteroatoms. The fourth-order valence-electron chi connectivity index (χ4n) is 2.89. The van der Waals surface area contributed by atoms with E-state index in [4.69, 9.17) is 16.3 Å². The van der Waals surface area contributed by atoms with Gasteiger partial charge in [0.25, 0.3) is 15.9 Å². The summed E-state index contributed by atoms with van der Waals surface area (Å²) >= 11 is 5.96. The first-order chi connectivity index (χ1) is 14.8. The van der Waals surface area contributed by atoms with Crippen molar-refractivity contribution >= 4 is 33.2 Å². The lowest BCUT2D eigenvalue weighted by Gasteiger charge is -2.24. The Kier molecular flexibility index (Phi) is 7.32. The van der Waals surface area contributed by atoms with E-state index in [1.54, 1.807) is 68.9 Å². The Bertz CT molecular complexity index is 1150. The number of hydrogen-bond acceptors (Lipinski definition) is 5. The molecule has 31 heavy (non-hydrogen) atoms. The molecule has 3 aromatic rings. The van der Waals surface area contributed by atoms with E-state index >= 15 is 0 Å². The van der Waals surface area contributed by atoms with Gasteiger partial charge < -0.3 is 10.1 Å². The van der Waals surface area contributed by atoms with Crippen molar-refractivity contribution < 1.29 is 17.9 Å². The van der Waals surface area contributed by atoms with Crippen molar-refractivity contribution in [3.05, 3.63) is 76.9 Å². The number of aryl methyl sites for hydroxylation is 1. The van der Waals surface area contributed by atoms with Crippen molar-refractivity contribution in [1.82, 2.24) is 15.1 Å². The van der Waals surface area contributed by atoms with Crippen LogP contribution in [0.15, 0.2) is 65.8 Å². The highest BCUT2D eigenvalue weighted by atomic mass is 35.5. The van der Waals surface area contributed by atoms with Gasteiger partial charge in [-0.05, 0) is 42.0 Å². The highest BCUT2D eigenvalue weighted by Crippen LogP contribution is 2.26. The molecule has 8 nitrogen and oxygen atoms in total. The lowest BCUT2D eigenvalue weighted by molar-refractivity contribution is 0.0937. The second kappa shape index (κ2) is 9.95. The average Bonchev–Trinajstić information content (AvgIpc) is 3.20. The zero-order chi connectivity index (χ0) is 22.4. The minimum absolute atomic E-state index is 0.0465. The summed E-state index contributed by atoms with van der Waals surface area (Å²) in [6, 6.07) is 14.8. The highest BCUT2D eigenvalue weighted by Gasteiger charge is 2.28. The van der Waals surface area contributed by atoms with Gasteiger partial charge in [-0.2, -0.15) is 13.5 Å². The molecule has 0 fully saturated rings. The molecule has 2 aromatic carbocycles. The SMILES string of the molecule is COCCNC(=O)c1cccc(N(Cc2ccc(Cl)cc2)S(=O)(=O)c2ccn(C)n2)c1. The number of aromatic nitrogens is 2. The van der Waals surface area contributed by atoms with Crippen molar-refractivity contribution in [2.45, 2.75) is 11.6 Å². The molecular weight excluding hydrogens is 440 g/mol. The first-order valence-corrected chi connectivity index (χ1v) is 11.3. The van der Waals surface area contributed by atoms with Crippen LogP contribution in [0.3, 0.4) is 0 Å². The molecule has 0 saturated carbocycles. The van der Waals surface area contributed by atoms with Gasteiger partial charge in [-0.1, -0.05) is 29.8 Å². The first-order valence-electron chi connectivity index (χ1n) is 9.45. The number of sulfonamides is 1. The lowest BCUT2D eigenvalue weighted by Crippen LogP contribution is -2.32. The molecule has 1 N–H and O–H groups in total. The molecular formula is C21H23ClN4O4S. The zero-order valence-corrected chi connectivity index (χ0v) is 18.7. The molecule has 0 unspecified atom stereocenters. The van der Waals surface area contributed by atoms with Crippen LogP contribution in [0.2, 0.25) is 5.02 Å². The number of amides is 1. The van der Waals surface area contributed by atoms with Crippen molar-refractivity contribution in [2.24, 2.45) is 7.05 Å². The van der Waals surface area contributed by atoms with E-state index in [1.807, 2.05) is 0 Å². The van der Waals surface area contributed by atoms with E-state index < -0.39 is 10.0 Å². The summed E-state index contributed by atoms with van der Waals surface area (Å²) in [4.78, 5) is 12.4. The van der Waals surface area contributed by atoms with Crippen LogP contribution in [-0.2, 0) is 28.4 Å². The Balaban J connectivity index is 1.99. The van der Waals surface area contributed by atoms with E-state index in [1.165, 1.54) is 15.1 Å². The number of anilines is 1. The minimum Gasteiger partial charge on any atom is -0.383 e. The lowest BCUT2D eigenvalue weighted by atomic mass is 10.1. The van der Waals surface area contributed by atoms with E-state index in [-0.39, 0.29) is 17.5 Å². The number of hydrogen-bond donors (Lipinski definition) is 1. The normalized spacial score (nSPS) is 11.3. The number of carbonyl (C=O) groups excluding carboxylic acids is 1. The maximum Gasteiger partial charge on any atom is 0.283 e. The van der Waals surface area contributed by atoms with Gasteiger partial charge in [0.1, 0.15) is 0 Å². The third kappa shape index (κ3) is 5.63. The van der Waals surface area contributed by atoms with Gasteiger partial charge in [-0.3, -0.25) is 13.8 Å². The van der Waals surface area contributed by atoms with Crippen LogP contribution < -0.4 is 9.62 Å². The zero-order valence-electron chi connectivity index (χ0n) is 17.2. The molecule has 0 saturated heterocycles. The maximum absolute atomic E-state index is 13.4. The second-order valence-electron chi connectivity index (χ2n) is 6.76. The summed E-state index contributed by atoms with van der Waals surface area (Å²) in [5.41, 5.74) is 1.42. The summed E-state index contributed by atoms with van der Waals surface area (Å²) < 4.78 is 34.4. The van der Waals surface area contributed by atoms with Gasteiger partial charge >= 0.3 is 0 Å². The first kappa shape index (κ1) is 22.8. The minimum atomic E-state index is -3.99. The Hall–Kier alpha value is -2.88. The molecule has 0 radical (unpaired) electrons. The summed E-state index contributed by atoms with van der Waals surface area (Å²) in [5.74, 6) is -0.319. The molecule has 0 bridgehead atoms. The van der Waals surface area contributed by atoms with Crippen LogP contribution in [0.25, 0.3) is 0 Å². The number of nitrogens with zero attached hydrogens (tertiary/aromatic N) is 3. The fourth-order valence-corrected chi connectivity index (χ4v) is 4.41. The van der Waals surface area contributed by atoms with Crippen molar-refractivity contribution in [1.29, 1.82) is 0 Å². The topological polar surface area (TPSA) is 93.5 Å². The molecule has 0 atom stereocenters. The monoisotopic (exact) mass is 462 g/mol. The van der Waals surface area contributed by atoms with Crippen LogP contribution in [-0.4, -0.2) is 44.4 Å². The molecule has 0 aliphatic rings. The average molecular weight is 463 g/mol. The Morgan fingerprint density at radius 2 is 1.94 bits per heavy atom. The predicted molar refractivity (Wildman–Crippen MR) is 119 cm³/mol. The standard InChI is InChI=1S/C21H23ClN4O4S/c1-25-12-10-20(24-25)31(28,29)26(15-16-6-8-18(22)9-7-16)19-5-3-4-17(14-19)21(27)23-11-13-30-2/h3-10,12,14H,11,13,15H2,1-2H3,(H,23,27). The van der Waals surface area contributed by atoms with Crippen LogP contribution in [0.5, 0.6) is 0 Å². The number of benzene rings is 2. The number of rotatable bonds is 9. The van der Waals surface area contributed by atoms with E-state index in [2.05, 4.69) is 10.4 Å². The third-order valence-electron chi connectivity index (χ3n) is 4.47. The van der Waals surface area contributed by atoms with Crippen LogP contribution in [0, 0.1) is 0 Å². The Labute approximate surface area is 186 Å². The van der Waals surface area contributed by atoms with Crippen LogP contribution in [0.4, 0.5) is 5.69 Å². The highest BCUT2D eigenvalue weighted by molar-refractivity contribution is 7.92. The Morgan fingerprint density at radius 1 is 1.19 bits per heavy atom. The van der Waals surface area contributed by atoms with E-state index in [0.29, 0.717) is 29.4 Å². The Morgan fingerprint density at radius 3 is 2.58 bits per heavy atom. The van der Waals surface area contributed by atoms with Crippen LogP contribution in [0.1, 0.15) is 15.9 Å². The van der Waals surface area contributed by atoms with Gasteiger partial charge in [0.2, 0.25) is 0 Å². The fraction of sp³-hybridized carbons (Fsp3) is 0.238. The van der Waals surface area contributed by atoms with Crippen molar-refractivity contribution in [3.63, 3.8) is 0 Å². The van der Waals surface area contributed by atoms with Gasteiger partial charge in [-0.25, -0.2) is 0 Å². The number of halogens is 1. The molecule has 3 rings (SSSR count).